The molecular formula is C10H20NO4S+. The average Bonchev–Trinajstić information content (AvgIpc) is 1.96. The van der Waals surface area contributed by atoms with Gasteiger partial charge in [-0.1, -0.05) is 0 Å². The highest BCUT2D eigenvalue weighted by Gasteiger charge is 2.44. The molecule has 0 saturated carbocycles. The summed E-state index contributed by atoms with van der Waals surface area (Å²) in [5.74, 6) is -1.75. The van der Waals surface area contributed by atoms with Crippen molar-refractivity contribution in [3.63, 3.8) is 0 Å². The molecule has 0 radical (unpaired) electrons. The van der Waals surface area contributed by atoms with Gasteiger partial charge in [0.25, 0.3) is 0 Å². The normalized spacial score (nSPS) is 17.6. The second-order valence-corrected chi connectivity index (χ2v) is 5.87. The number of nitrogens with zero attached hydrogens (tertiary/aromatic N) is 1. The van der Waals surface area contributed by atoms with Gasteiger partial charge in [0.1, 0.15) is 6.54 Å². The Morgan fingerprint density at radius 1 is 1.38 bits per heavy atom. The predicted molar refractivity (Wildman–Crippen MR) is 63.6 cm³/mol. The zero-order chi connectivity index (χ0) is 13.1. The molecule has 0 heterocycles. The van der Waals surface area contributed by atoms with Crippen molar-refractivity contribution in [2.45, 2.75) is 24.2 Å². The van der Waals surface area contributed by atoms with Crippen LogP contribution in [0.3, 0.4) is 0 Å². The van der Waals surface area contributed by atoms with Crippen LogP contribution in [-0.2, 0) is 9.59 Å². The van der Waals surface area contributed by atoms with Crippen LogP contribution < -0.4 is 0 Å². The van der Waals surface area contributed by atoms with Gasteiger partial charge in [-0.05, 0) is 6.92 Å². The maximum Gasteiger partial charge on any atom is 0.306 e. The molecule has 2 N–H and O–H groups in total. The minimum absolute atomic E-state index is 0.0447. The van der Waals surface area contributed by atoms with Crippen LogP contribution in [0.5, 0.6) is 0 Å². The van der Waals surface area contributed by atoms with Gasteiger partial charge in [-0.15, -0.1) is 0 Å². The second kappa shape index (κ2) is 5.16. The van der Waals surface area contributed by atoms with Crippen LogP contribution in [0.15, 0.2) is 0 Å². The third-order valence-electron chi connectivity index (χ3n) is 2.02. The summed E-state index contributed by atoms with van der Waals surface area (Å²) in [6.45, 7) is 1.57. The number of likely N-dealkylation sites (N-methyl/N-ethyl adjacent to an activating group) is 1. The van der Waals surface area contributed by atoms with Crippen LogP contribution in [0.2, 0.25) is 0 Å². The first-order chi connectivity index (χ1) is 6.98. The van der Waals surface area contributed by atoms with E-state index in [0.29, 0.717) is 4.48 Å². The number of Topliss-reactive ketones (excluding diaryl/α,β-unsaturated/α-hetero) is 1. The topological polar surface area (TPSA) is 74.6 Å². The number of carbonyl (C=O) groups excluding carboxylic acids is 1. The maximum atomic E-state index is 11.8. The fourth-order valence-electron chi connectivity index (χ4n) is 1.64. The Kier molecular flexibility index (Phi) is 4.97. The molecule has 0 aliphatic carbocycles. The summed E-state index contributed by atoms with van der Waals surface area (Å²) < 4.78 is 0.302. The Bertz CT molecular complexity index is 285. The van der Waals surface area contributed by atoms with Crippen molar-refractivity contribution in [1.82, 2.24) is 0 Å². The summed E-state index contributed by atoms with van der Waals surface area (Å²) in [7, 11) is 5.34. The first-order valence-electron chi connectivity index (χ1n) is 4.95. The average molecular weight is 250 g/mol. The molecule has 0 aliphatic heterocycles. The molecule has 0 aliphatic rings. The number of quaternary nitrogens is 1. The molecule has 16 heavy (non-hydrogen) atoms. The molecule has 5 nitrogen and oxygen atoms in total. The van der Waals surface area contributed by atoms with Crippen LogP contribution in [0, 0.1) is 0 Å². The quantitative estimate of drug-likeness (QED) is 0.450. The highest BCUT2D eigenvalue weighted by Crippen LogP contribution is 2.19. The van der Waals surface area contributed by atoms with Gasteiger partial charge in [-0.25, -0.2) is 0 Å². The first-order valence-corrected chi connectivity index (χ1v) is 5.46. The van der Waals surface area contributed by atoms with Crippen LogP contribution >= 0.6 is 12.6 Å². The summed E-state index contributed by atoms with van der Waals surface area (Å²) in [5, 5.41) is 18.2. The van der Waals surface area contributed by atoms with Gasteiger partial charge in [0.05, 0.1) is 32.8 Å². The maximum absolute atomic E-state index is 11.8. The van der Waals surface area contributed by atoms with Gasteiger partial charge in [0.15, 0.2) is 11.4 Å². The number of carbonyl (C=O) groups is 2. The molecule has 2 atom stereocenters. The van der Waals surface area contributed by atoms with Crippen molar-refractivity contribution in [3.8, 4) is 0 Å². The van der Waals surface area contributed by atoms with Crippen molar-refractivity contribution < 1.29 is 24.3 Å². The molecule has 0 saturated heterocycles. The Morgan fingerprint density at radius 3 is 2.06 bits per heavy atom. The number of thiol groups is 1. The van der Waals surface area contributed by atoms with Gasteiger partial charge >= 0.3 is 5.97 Å². The second-order valence-electron chi connectivity index (χ2n) is 5.09. The van der Waals surface area contributed by atoms with E-state index in [1.54, 1.807) is 21.1 Å². The van der Waals surface area contributed by atoms with E-state index in [1.807, 2.05) is 0 Å². The lowest BCUT2D eigenvalue weighted by molar-refractivity contribution is -0.875. The van der Waals surface area contributed by atoms with Crippen LogP contribution in [0.4, 0.5) is 0 Å². The lowest BCUT2D eigenvalue weighted by Gasteiger charge is -2.34. The summed E-state index contributed by atoms with van der Waals surface area (Å²) in [6, 6.07) is 0. The van der Waals surface area contributed by atoms with Crippen molar-refractivity contribution >= 4 is 24.4 Å². The van der Waals surface area contributed by atoms with E-state index in [9.17, 15) is 14.7 Å². The van der Waals surface area contributed by atoms with E-state index in [-0.39, 0.29) is 6.54 Å². The number of hydrogen-bond acceptors (Lipinski definition) is 4. The van der Waals surface area contributed by atoms with Gasteiger partial charge < -0.3 is 14.7 Å². The molecule has 0 fully saturated rings. The minimum Gasteiger partial charge on any atom is -0.481 e. The number of carboxylic acid groups (broad SMARTS) is 1. The standard InChI is InChI=1S/C10H19NO4S/c1-7(16)9(14)10(15,5-8(12)13)6-11(2,3)4/h7,15H,5-6H2,1-4H3,(H-,12,13,16)/p+1. The Balaban J connectivity index is 5.03. The fourth-order valence-corrected chi connectivity index (χ4v) is 1.88. The zero-order valence-electron chi connectivity index (χ0n) is 10.1. The number of rotatable bonds is 6. The third kappa shape index (κ3) is 4.96. The summed E-state index contributed by atoms with van der Waals surface area (Å²) in [5.41, 5.74) is -1.86. The molecular weight excluding hydrogens is 230 g/mol. The van der Waals surface area contributed by atoms with Gasteiger partial charge in [0.2, 0.25) is 0 Å². The molecule has 0 rings (SSSR count). The SMILES string of the molecule is CC(S)C(=O)C(O)(CC(=O)O)C[N+](C)(C)C. The fraction of sp³-hybridized carbons (Fsp3) is 0.800. The Hall–Kier alpha value is -0.590. The van der Waals surface area contributed by atoms with E-state index >= 15 is 0 Å². The van der Waals surface area contributed by atoms with Crippen LogP contribution in [0.1, 0.15) is 13.3 Å². The van der Waals surface area contributed by atoms with E-state index in [4.69, 9.17) is 5.11 Å². The molecule has 0 spiro atoms. The highest BCUT2D eigenvalue weighted by molar-refractivity contribution is 7.81. The number of carboxylic acids is 1. The lowest BCUT2D eigenvalue weighted by atomic mass is 9.91. The molecule has 2 unspecified atom stereocenters. The zero-order valence-corrected chi connectivity index (χ0v) is 11.0. The minimum atomic E-state index is -1.86. The van der Waals surface area contributed by atoms with E-state index in [0.717, 1.165) is 0 Å². The third-order valence-corrected chi connectivity index (χ3v) is 2.25. The smallest absolute Gasteiger partial charge is 0.306 e. The largest absolute Gasteiger partial charge is 0.481 e. The molecule has 94 valence electrons. The van der Waals surface area contributed by atoms with Crippen LogP contribution in [-0.4, -0.2) is 65.0 Å². The van der Waals surface area contributed by atoms with Gasteiger partial charge in [0, 0.05) is 0 Å². The van der Waals surface area contributed by atoms with E-state index in [1.165, 1.54) is 6.92 Å². The molecule has 0 aromatic rings. The summed E-state index contributed by atoms with van der Waals surface area (Å²) >= 11 is 3.95. The summed E-state index contributed by atoms with van der Waals surface area (Å²) in [6.07, 6.45) is -0.591. The first kappa shape index (κ1) is 15.4. The number of aliphatic carboxylic acids is 1. The van der Waals surface area contributed by atoms with Crippen LogP contribution in [0.25, 0.3) is 0 Å². The Labute approximate surface area is 101 Å². The van der Waals surface area contributed by atoms with E-state index < -0.39 is 29.0 Å². The summed E-state index contributed by atoms with van der Waals surface area (Å²) in [4.78, 5) is 22.5. The number of hydrogen-bond donors (Lipinski definition) is 3. The van der Waals surface area contributed by atoms with Crippen molar-refractivity contribution in [3.05, 3.63) is 0 Å². The Morgan fingerprint density at radius 2 is 1.81 bits per heavy atom. The van der Waals surface area contributed by atoms with E-state index in [2.05, 4.69) is 12.6 Å². The molecule has 0 bridgehead atoms. The molecule has 6 heteroatoms. The van der Waals surface area contributed by atoms with Gasteiger partial charge in [-0.3, -0.25) is 9.59 Å². The molecule has 0 aromatic carbocycles. The molecule has 0 amide bonds. The van der Waals surface area contributed by atoms with Crippen molar-refractivity contribution in [2.75, 3.05) is 27.7 Å². The van der Waals surface area contributed by atoms with Crippen molar-refractivity contribution in [1.29, 1.82) is 0 Å². The van der Waals surface area contributed by atoms with Crippen molar-refractivity contribution in [2.24, 2.45) is 0 Å². The van der Waals surface area contributed by atoms with Gasteiger partial charge in [-0.2, -0.15) is 12.6 Å². The predicted octanol–water partition coefficient (Wildman–Crippen LogP) is -0.214. The highest BCUT2D eigenvalue weighted by atomic mass is 32.1. The lowest BCUT2D eigenvalue weighted by Crippen LogP contribution is -2.56. The monoisotopic (exact) mass is 250 g/mol. The number of ketones is 1. The number of aliphatic hydroxyl groups is 1. The molecule has 0 aromatic heterocycles.